The molecule has 1 unspecified atom stereocenters. The van der Waals surface area contributed by atoms with Gasteiger partial charge in [-0.3, -0.25) is 4.79 Å². The van der Waals surface area contributed by atoms with Crippen LogP contribution in [0.25, 0.3) is 0 Å². The summed E-state index contributed by atoms with van der Waals surface area (Å²) in [4.78, 5) is 12.1. The molecule has 1 aromatic carbocycles. The van der Waals surface area contributed by atoms with Gasteiger partial charge in [-0.2, -0.15) is 0 Å². The number of nitrogens with one attached hydrogen (secondary N) is 2. The fourth-order valence-electron chi connectivity index (χ4n) is 2.14. The van der Waals surface area contributed by atoms with E-state index in [0.29, 0.717) is 11.5 Å². The maximum Gasteiger partial charge on any atom is 0.251 e. The molecule has 1 aromatic rings. The Labute approximate surface area is 124 Å². The summed E-state index contributed by atoms with van der Waals surface area (Å²) in [5.74, 6) is 0.466. The quantitative estimate of drug-likeness (QED) is 0.825. The van der Waals surface area contributed by atoms with Gasteiger partial charge in [-0.25, -0.2) is 13.1 Å². The molecule has 0 heterocycles. The molecule has 6 nitrogen and oxygen atoms in total. The first-order valence-electron chi connectivity index (χ1n) is 6.81. The van der Waals surface area contributed by atoms with E-state index in [1.165, 1.54) is 26.3 Å². The summed E-state index contributed by atoms with van der Waals surface area (Å²) in [6.45, 7) is 1.96. The molecule has 1 fully saturated rings. The van der Waals surface area contributed by atoms with Crippen molar-refractivity contribution in [1.29, 1.82) is 0 Å². The van der Waals surface area contributed by atoms with Crippen LogP contribution < -0.4 is 14.8 Å². The van der Waals surface area contributed by atoms with Crippen LogP contribution in [0, 0.1) is 5.92 Å². The highest BCUT2D eigenvalue weighted by Crippen LogP contribution is 2.32. The molecule has 0 saturated heterocycles. The molecule has 2 rings (SSSR count). The first kappa shape index (κ1) is 15.8. The van der Waals surface area contributed by atoms with Crippen LogP contribution in [0.15, 0.2) is 23.1 Å². The highest BCUT2D eigenvalue weighted by atomic mass is 32.2. The minimum atomic E-state index is -3.68. The van der Waals surface area contributed by atoms with Gasteiger partial charge >= 0.3 is 0 Å². The average Bonchev–Trinajstić information content (AvgIpc) is 3.31. The van der Waals surface area contributed by atoms with E-state index in [1.54, 1.807) is 6.07 Å². The van der Waals surface area contributed by atoms with Crippen molar-refractivity contribution in [2.75, 3.05) is 14.2 Å². The Balaban J connectivity index is 2.28. The predicted molar refractivity (Wildman–Crippen MR) is 78.9 cm³/mol. The number of hydrogen-bond acceptors (Lipinski definition) is 4. The van der Waals surface area contributed by atoms with Crippen LogP contribution in [0.2, 0.25) is 0 Å². The minimum Gasteiger partial charge on any atom is -0.495 e. The second-order valence-corrected chi connectivity index (χ2v) is 7.03. The van der Waals surface area contributed by atoms with Crippen LogP contribution in [0.4, 0.5) is 0 Å². The van der Waals surface area contributed by atoms with E-state index in [1.807, 2.05) is 6.92 Å². The molecular formula is C14H20N2O4S. The maximum atomic E-state index is 12.2. The van der Waals surface area contributed by atoms with Crippen LogP contribution in [-0.2, 0) is 10.0 Å². The van der Waals surface area contributed by atoms with Crippen molar-refractivity contribution >= 4 is 15.9 Å². The van der Waals surface area contributed by atoms with Gasteiger partial charge in [0.2, 0.25) is 10.0 Å². The van der Waals surface area contributed by atoms with Crippen LogP contribution in [0.1, 0.15) is 30.1 Å². The zero-order valence-electron chi connectivity index (χ0n) is 12.3. The molecule has 116 valence electrons. The predicted octanol–water partition coefficient (Wildman–Crippen LogP) is 1.13. The highest BCUT2D eigenvalue weighted by Gasteiger charge is 2.29. The molecule has 1 aliphatic carbocycles. The molecule has 7 heteroatoms. The second-order valence-electron chi connectivity index (χ2n) is 5.17. The second kappa shape index (κ2) is 6.03. The summed E-state index contributed by atoms with van der Waals surface area (Å²) in [7, 11) is -0.980. The number of amides is 1. The largest absolute Gasteiger partial charge is 0.495 e. The number of rotatable bonds is 6. The Morgan fingerprint density at radius 3 is 2.57 bits per heavy atom. The first-order valence-corrected chi connectivity index (χ1v) is 8.30. The van der Waals surface area contributed by atoms with Crippen molar-refractivity contribution < 1.29 is 17.9 Å². The van der Waals surface area contributed by atoms with Gasteiger partial charge in [0.25, 0.3) is 5.91 Å². The smallest absolute Gasteiger partial charge is 0.251 e. The first-order chi connectivity index (χ1) is 9.89. The third kappa shape index (κ3) is 3.54. The fraction of sp³-hybridized carbons (Fsp3) is 0.500. The molecule has 2 N–H and O–H groups in total. The van der Waals surface area contributed by atoms with Crippen molar-refractivity contribution in [3.05, 3.63) is 23.8 Å². The molecule has 0 spiro atoms. The van der Waals surface area contributed by atoms with Gasteiger partial charge in [0.1, 0.15) is 10.6 Å². The molecule has 0 aromatic heterocycles. The molecular weight excluding hydrogens is 292 g/mol. The Bertz CT molecular complexity index is 638. The van der Waals surface area contributed by atoms with Gasteiger partial charge in [0, 0.05) is 11.6 Å². The highest BCUT2D eigenvalue weighted by molar-refractivity contribution is 7.89. The minimum absolute atomic E-state index is 0.0424. The molecule has 0 radical (unpaired) electrons. The van der Waals surface area contributed by atoms with Crippen LogP contribution in [0.3, 0.4) is 0 Å². The Morgan fingerprint density at radius 1 is 1.38 bits per heavy atom. The standard InChI is InChI=1S/C14H20N2O4S/c1-9(10-4-5-10)16-14(17)11-6-7-12(20-3)13(8-11)21(18,19)15-2/h6-10,15H,4-5H2,1-3H3,(H,16,17). The van der Waals surface area contributed by atoms with E-state index in [0.717, 1.165) is 12.8 Å². The van der Waals surface area contributed by atoms with Crippen LogP contribution in [0.5, 0.6) is 5.75 Å². The van der Waals surface area contributed by atoms with E-state index < -0.39 is 10.0 Å². The molecule has 21 heavy (non-hydrogen) atoms. The Hall–Kier alpha value is -1.60. The lowest BCUT2D eigenvalue weighted by molar-refractivity contribution is 0.0935. The van der Waals surface area contributed by atoms with Crippen molar-refractivity contribution in [2.45, 2.75) is 30.7 Å². The third-order valence-corrected chi connectivity index (χ3v) is 5.11. The van der Waals surface area contributed by atoms with Gasteiger partial charge in [0.15, 0.2) is 0 Å². The van der Waals surface area contributed by atoms with Gasteiger partial charge < -0.3 is 10.1 Å². The molecule has 0 bridgehead atoms. The summed E-state index contributed by atoms with van der Waals surface area (Å²) in [6, 6.07) is 4.48. The SMILES string of the molecule is CNS(=O)(=O)c1cc(C(=O)NC(C)C2CC2)ccc1OC. The molecule has 1 atom stereocenters. The summed E-state index contributed by atoms with van der Waals surface area (Å²) >= 11 is 0. The normalized spacial score (nSPS) is 16.3. The van der Waals surface area contributed by atoms with E-state index >= 15 is 0 Å². The third-order valence-electron chi connectivity index (χ3n) is 3.67. The number of carbonyl (C=O) groups excluding carboxylic acids is 1. The van der Waals surface area contributed by atoms with Gasteiger partial charge in [-0.1, -0.05) is 0 Å². The summed E-state index contributed by atoms with van der Waals surface area (Å²) in [5.41, 5.74) is 0.303. The van der Waals surface area contributed by atoms with Crippen LogP contribution >= 0.6 is 0 Å². The number of hydrogen-bond donors (Lipinski definition) is 2. The monoisotopic (exact) mass is 312 g/mol. The summed E-state index contributed by atoms with van der Waals surface area (Å²) in [6.07, 6.45) is 2.26. The fourth-order valence-corrected chi connectivity index (χ4v) is 3.06. The van der Waals surface area contributed by atoms with Gasteiger partial charge in [-0.05, 0) is 50.9 Å². The Morgan fingerprint density at radius 2 is 2.05 bits per heavy atom. The molecule has 0 aliphatic heterocycles. The lowest BCUT2D eigenvalue weighted by Gasteiger charge is -2.14. The van der Waals surface area contributed by atoms with Crippen molar-refractivity contribution in [3.63, 3.8) is 0 Å². The van der Waals surface area contributed by atoms with E-state index in [9.17, 15) is 13.2 Å². The topological polar surface area (TPSA) is 84.5 Å². The van der Waals surface area contributed by atoms with Gasteiger partial charge in [-0.15, -0.1) is 0 Å². The van der Waals surface area contributed by atoms with Crippen LogP contribution in [-0.4, -0.2) is 34.5 Å². The van der Waals surface area contributed by atoms with E-state index in [-0.39, 0.29) is 22.6 Å². The lowest BCUT2D eigenvalue weighted by Crippen LogP contribution is -2.34. The van der Waals surface area contributed by atoms with Crippen molar-refractivity contribution in [1.82, 2.24) is 10.0 Å². The van der Waals surface area contributed by atoms with E-state index in [2.05, 4.69) is 10.0 Å². The number of sulfonamides is 1. The number of carbonyl (C=O) groups is 1. The number of benzene rings is 1. The molecule has 1 aliphatic rings. The molecule has 1 amide bonds. The summed E-state index contributed by atoms with van der Waals surface area (Å²) in [5, 5.41) is 2.90. The number of methoxy groups -OCH3 is 1. The molecule has 1 saturated carbocycles. The Kier molecular flexibility index (Phi) is 4.53. The van der Waals surface area contributed by atoms with Crippen molar-refractivity contribution in [2.24, 2.45) is 5.92 Å². The lowest BCUT2D eigenvalue weighted by atomic mass is 10.1. The van der Waals surface area contributed by atoms with E-state index in [4.69, 9.17) is 4.74 Å². The number of ether oxygens (including phenoxy) is 1. The summed E-state index contributed by atoms with van der Waals surface area (Å²) < 4.78 is 31.2. The average molecular weight is 312 g/mol. The van der Waals surface area contributed by atoms with Gasteiger partial charge in [0.05, 0.1) is 7.11 Å². The zero-order valence-corrected chi connectivity index (χ0v) is 13.2. The maximum absolute atomic E-state index is 12.2. The van der Waals surface area contributed by atoms with Crippen molar-refractivity contribution in [3.8, 4) is 5.75 Å². The zero-order chi connectivity index (χ0) is 15.6.